The molecule has 0 aliphatic carbocycles. The minimum Gasteiger partial charge on any atom is -0.442 e. The summed E-state index contributed by atoms with van der Waals surface area (Å²) in [6.45, 7) is 4.57. The molecule has 3 rings (SSSR count). The average molecular weight is 663 g/mol. The van der Waals surface area contributed by atoms with E-state index in [2.05, 4.69) is 10.6 Å². The summed E-state index contributed by atoms with van der Waals surface area (Å²) in [5.74, 6) is -0.970. The third kappa shape index (κ3) is 8.35. The molecular weight excluding hydrogens is 639 g/mol. The number of carbonyl (C=O) groups excluding carboxylic acids is 2. The highest BCUT2D eigenvalue weighted by Crippen LogP contribution is 2.50. The fourth-order valence-electron chi connectivity index (χ4n) is 3.85. The van der Waals surface area contributed by atoms with E-state index >= 15 is 0 Å². The molecule has 1 aliphatic heterocycles. The highest BCUT2D eigenvalue weighted by atomic mass is 35.5. The van der Waals surface area contributed by atoms with Crippen molar-refractivity contribution in [3.63, 3.8) is 0 Å². The van der Waals surface area contributed by atoms with Crippen LogP contribution in [-0.2, 0) is 20.0 Å². The second-order valence-electron chi connectivity index (χ2n) is 10.3. The molecule has 0 aromatic heterocycles. The lowest BCUT2D eigenvalue weighted by atomic mass is 9.86. The zero-order valence-corrected chi connectivity index (χ0v) is 24.5. The van der Waals surface area contributed by atoms with Crippen LogP contribution in [0.25, 0.3) is 0 Å². The van der Waals surface area contributed by atoms with Crippen molar-refractivity contribution < 1.29 is 45.5 Å². The Morgan fingerprint density at radius 2 is 1.64 bits per heavy atom. The molecule has 0 saturated carbocycles. The first-order valence-corrected chi connectivity index (χ1v) is 13.3. The van der Waals surface area contributed by atoms with E-state index in [0.717, 1.165) is 18.2 Å². The van der Waals surface area contributed by atoms with Crippen molar-refractivity contribution in [1.82, 2.24) is 5.43 Å². The summed E-state index contributed by atoms with van der Waals surface area (Å²) in [5, 5.41) is 3.95. The van der Waals surface area contributed by atoms with Gasteiger partial charge < -0.3 is 9.57 Å². The number of anilines is 1. The Kier molecular flexibility index (Phi) is 9.90. The van der Waals surface area contributed by atoms with Gasteiger partial charge in [-0.25, -0.2) is 4.79 Å². The smallest absolute Gasteiger partial charge is 0.435 e. The number of amides is 2. The van der Waals surface area contributed by atoms with Crippen LogP contribution in [-0.4, -0.2) is 35.7 Å². The van der Waals surface area contributed by atoms with Gasteiger partial charge in [0.05, 0.1) is 16.4 Å². The lowest BCUT2D eigenvalue weighted by molar-refractivity contribution is -0.275. The summed E-state index contributed by atoms with van der Waals surface area (Å²) in [4.78, 5) is 30.5. The molecule has 0 fully saturated rings. The summed E-state index contributed by atoms with van der Waals surface area (Å²) in [5.41, 5.74) is -2.69. The van der Waals surface area contributed by atoms with Gasteiger partial charge in [0.2, 0.25) is 5.91 Å². The molecule has 16 heteroatoms. The first kappa shape index (κ1) is 33.6. The first-order valence-electron chi connectivity index (χ1n) is 12.2. The third-order valence-corrected chi connectivity index (χ3v) is 6.47. The van der Waals surface area contributed by atoms with Crippen LogP contribution in [0.15, 0.2) is 41.6 Å². The van der Waals surface area contributed by atoms with Crippen molar-refractivity contribution in [3.05, 3.63) is 62.6 Å². The number of halogens is 9. The second kappa shape index (κ2) is 12.4. The maximum absolute atomic E-state index is 14.4. The highest BCUT2D eigenvalue weighted by molar-refractivity contribution is 6.35. The fourth-order valence-corrected chi connectivity index (χ4v) is 4.58. The number of nitrogens with zero attached hydrogens (tertiary/aromatic N) is 2. The summed E-state index contributed by atoms with van der Waals surface area (Å²) in [7, 11) is 0. The monoisotopic (exact) mass is 661 g/mol. The van der Waals surface area contributed by atoms with Gasteiger partial charge in [0.15, 0.2) is 0 Å². The van der Waals surface area contributed by atoms with E-state index < -0.39 is 66.8 Å². The molecule has 7 nitrogen and oxygen atoms in total. The number of nitrogens with one attached hydrogen (secondary N) is 1. The van der Waals surface area contributed by atoms with E-state index in [1.54, 1.807) is 0 Å². The molecule has 0 bridgehead atoms. The van der Waals surface area contributed by atoms with Crippen molar-refractivity contribution in [1.29, 1.82) is 0 Å². The Balaban J connectivity index is 1.97. The maximum atomic E-state index is 14.4. The third-order valence-electron chi connectivity index (χ3n) is 5.71. The summed E-state index contributed by atoms with van der Waals surface area (Å²) in [6, 6.07) is 7.04. The number of benzene rings is 2. The molecular formula is C26H24Cl3F6N3O4. The Morgan fingerprint density at radius 3 is 2.19 bits per heavy atom. The van der Waals surface area contributed by atoms with Crippen LogP contribution < -0.4 is 10.4 Å². The molecule has 1 N–H and O–H groups in total. The molecule has 1 aliphatic rings. The quantitative estimate of drug-likeness (QED) is 0.248. The molecule has 42 heavy (non-hydrogen) atoms. The lowest BCUT2D eigenvalue weighted by Crippen LogP contribution is -2.49. The van der Waals surface area contributed by atoms with Gasteiger partial charge in [-0.05, 0) is 57.5 Å². The Morgan fingerprint density at radius 1 is 1.02 bits per heavy atom. The number of oxime groups is 1. The Bertz CT molecular complexity index is 1360. The molecule has 230 valence electrons. The molecule has 1 heterocycles. The van der Waals surface area contributed by atoms with Gasteiger partial charge >= 0.3 is 18.4 Å². The van der Waals surface area contributed by atoms with Gasteiger partial charge in [0.1, 0.15) is 5.60 Å². The van der Waals surface area contributed by atoms with Crippen molar-refractivity contribution in [3.8, 4) is 0 Å². The normalized spacial score (nSPS) is 17.4. The van der Waals surface area contributed by atoms with Crippen molar-refractivity contribution >= 4 is 58.2 Å². The lowest BCUT2D eigenvalue weighted by Gasteiger charge is -2.30. The minimum absolute atomic E-state index is 0.0218. The van der Waals surface area contributed by atoms with Crippen LogP contribution >= 0.6 is 34.8 Å². The number of hydrogen-bond donors (Lipinski definition) is 1. The zero-order valence-electron chi connectivity index (χ0n) is 22.2. The molecule has 2 aromatic rings. The summed E-state index contributed by atoms with van der Waals surface area (Å²) >= 11 is 18.2. The minimum atomic E-state index is -4.98. The molecule has 1 atom stereocenters. The van der Waals surface area contributed by atoms with Gasteiger partial charge in [-0.1, -0.05) is 46.0 Å². The molecule has 0 saturated heterocycles. The second-order valence-corrected chi connectivity index (χ2v) is 11.6. The molecule has 2 amide bonds. The van der Waals surface area contributed by atoms with E-state index in [1.165, 1.54) is 39.0 Å². The van der Waals surface area contributed by atoms with Crippen LogP contribution in [0.3, 0.4) is 0 Å². The van der Waals surface area contributed by atoms with Crippen LogP contribution in [0.5, 0.6) is 0 Å². The van der Waals surface area contributed by atoms with Crippen LogP contribution in [0.2, 0.25) is 15.1 Å². The largest absolute Gasteiger partial charge is 0.442 e. The van der Waals surface area contributed by atoms with Gasteiger partial charge in [0, 0.05) is 40.4 Å². The van der Waals surface area contributed by atoms with Crippen molar-refractivity contribution in [2.75, 3.05) is 5.01 Å². The SMILES string of the molecule is CC(C)(C)OC(=O)N(NC(=O)CCCC(F)(F)F)c1cc(C2=NOC(c3cc(Cl)cc(Cl)c3)(C(F)(F)F)C2)ccc1Cl. The Hall–Kier alpha value is -2.90. The van der Waals surface area contributed by atoms with E-state index in [9.17, 15) is 35.9 Å². The van der Waals surface area contributed by atoms with Gasteiger partial charge in [-0.15, -0.1) is 0 Å². The van der Waals surface area contributed by atoms with E-state index in [4.69, 9.17) is 44.4 Å². The van der Waals surface area contributed by atoms with Crippen LogP contribution in [0.4, 0.5) is 36.8 Å². The van der Waals surface area contributed by atoms with Gasteiger partial charge in [-0.2, -0.15) is 31.4 Å². The number of rotatable bonds is 6. The van der Waals surface area contributed by atoms with Crippen LogP contribution in [0.1, 0.15) is 57.6 Å². The van der Waals surface area contributed by atoms with E-state index in [1.807, 2.05) is 0 Å². The zero-order chi connectivity index (χ0) is 31.7. The molecule has 0 radical (unpaired) electrons. The Labute approximate surface area is 251 Å². The molecule has 0 spiro atoms. The van der Waals surface area contributed by atoms with E-state index in [0.29, 0.717) is 5.01 Å². The predicted molar refractivity (Wildman–Crippen MR) is 145 cm³/mol. The van der Waals surface area contributed by atoms with Gasteiger partial charge in [0.25, 0.3) is 5.60 Å². The standard InChI is InChI=1S/C26H24Cl3F6N3O4/c1-23(2,3)41-22(40)38(36-21(39)5-4-8-25(30,31)32)20-9-14(6-7-18(20)29)19-13-24(42-37-19,26(33,34)35)15-10-16(27)12-17(28)11-15/h6-7,9-12H,4-5,8,13H2,1-3H3,(H,36,39). The highest BCUT2D eigenvalue weighted by Gasteiger charge is 2.62. The number of hydrazine groups is 1. The number of carbonyl (C=O) groups is 2. The van der Waals surface area contributed by atoms with Crippen molar-refractivity contribution in [2.45, 2.75) is 70.0 Å². The maximum Gasteiger partial charge on any atom is 0.435 e. The number of hydrogen-bond acceptors (Lipinski definition) is 5. The van der Waals surface area contributed by atoms with E-state index in [-0.39, 0.29) is 32.0 Å². The first-order chi connectivity index (χ1) is 19.2. The number of alkyl halides is 6. The summed E-state index contributed by atoms with van der Waals surface area (Å²) in [6.07, 6.45) is -13.9. The fraction of sp³-hybridized carbons (Fsp3) is 0.423. The average Bonchev–Trinajstić information content (AvgIpc) is 3.28. The number of ether oxygens (including phenoxy) is 1. The topological polar surface area (TPSA) is 80.2 Å². The van der Waals surface area contributed by atoms with Crippen molar-refractivity contribution in [2.24, 2.45) is 5.16 Å². The molecule has 2 aromatic carbocycles. The molecule has 1 unspecified atom stereocenters. The predicted octanol–water partition coefficient (Wildman–Crippen LogP) is 8.73. The van der Waals surface area contributed by atoms with Gasteiger partial charge in [-0.3, -0.25) is 10.2 Å². The van der Waals surface area contributed by atoms with Crippen LogP contribution in [0, 0.1) is 0 Å². The summed E-state index contributed by atoms with van der Waals surface area (Å²) < 4.78 is 86.1.